The summed E-state index contributed by atoms with van der Waals surface area (Å²) in [7, 11) is 1.65. The number of nitrogens with one attached hydrogen (secondary N) is 1. The number of methoxy groups -OCH3 is 1. The lowest BCUT2D eigenvalue weighted by atomic mass is 10.3. The van der Waals surface area contributed by atoms with E-state index in [-0.39, 0.29) is 0 Å². The first-order valence-electron chi connectivity index (χ1n) is 4.24. The van der Waals surface area contributed by atoms with Gasteiger partial charge >= 0.3 is 5.97 Å². The highest BCUT2D eigenvalue weighted by atomic mass is 32.1. The second kappa shape index (κ2) is 5.74. The number of hydrogen-bond acceptors (Lipinski definition) is 4. The van der Waals surface area contributed by atoms with Crippen molar-refractivity contribution in [2.45, 2.75) is 6.54 Å². The van der Waals surface area contributed by atoms with Gasteiger partial charge in [0.25, 0.3) is 0 Å². The van der Waals surface area contributed by atoms with Gasteiger partial charge in [-0.05, 0) is 6.07 Å². The average molecular weight is 215 g/mol. The monoisotopic (exact) mass is 215 g/mol. The first-order valence-corrected chi connectivity index (χ1v) is 5.12. The fourth-order valence-electron chi connectivity index (χ4n) is 0.971. The van der Waals surface area contributed by atoms with E-state index < -0.39 is 5.97 Å². The summed E-state index contributed by atoms with van der Waals surface area (Å²) in [5.41, 5.74) is 0.360. The highest BCUT2D eigenvalue weighted by molar-refractivity contribution is 7.10. The van der Waals surface area contributed by atoms with E-state index in [9.17, 15) is 4.79 Å². The molecule has 0 bridgehead atoms. The number of hydrogen-bond donors (Lipinski definition) is 2. The van der Waals surface area contributed by atoms with Crippen molar-refractivity contribution in [3.05, 3.63) is 21.9 Å². The molecule has 0 amide bonds. The van der Waals surface area contributed by atoms with Crippen LogP contribution in [0.3, 0.4) is 0 Å². The minimum Gasteiger partial charge on any atom is -0.478 e. The first kappa shape index (κ1) is 11.2. The van der Waals surface area contributed by atoms with Crippen LogP contribution in [0.5, 0.6) is 0 Å². The van der Waals surface area contributed by atoms with Crippen LogP contribution in [0.15, 0.2) is 11.4 Å². The molecule has 0 saturated heterocycles. The summed E-state index contributed by atoms with van der Waals surface area (Å²) in [6.45, 7) is 2.13. The van der Waals surface area contributed by atoms with Crippen LogP contribution in [0.25, 0.3) is 0 Å². The quantitative estimate of drug-likeness (QED) is 0.700. The van der Waals surface area contributed by atoms with Crippen LogP contribution >= 0.6 is 11.3 Å². The number of thiophene rings is 1. The van der Waals surface area contributed by atoms with E-state index in [4.69, 9.17) is 9.84 Å². The molecule has 2 N–H and O–H groups in total. The van der Waals surface area contributed by atoms with E-state index in [2.05, 4.69) is 5.32 Å². The minimum atomic E-state index is -0.871. The van der Waals surface area contributed by atoms with Crippen LogP contribution in [0.2, 0.25) is 0 Å². The van der Waals surface area contributed by atoms with Gasteiger partial charge in [0.1, 0.15) is 0 Å². The molecular weight excluding hydrogens is 202 g/mol. The molecule has 1 rings (SSSR count). The van der Waals surface area contributed by atoms with Gasteiger partial charge in [0.15, 0.2) is 0 Å². The van der Waals surface area contributed by atoms with Gasteiger partial charge in [-0.1, -0.05) is 0 Å². The molecule has 0 unspecified atom stereocenters. The summed E-state index contributed by atoms with van der Waals surface area (Å²) >= 11 is 1.45. The Balaban J connectivity index is 2.33. The lowest BCUT2D eigenvalue weighted by Crippen LogP contribution is -2.17. The Kier molecular flexibility index (Phi) is 4.58. The number of carboxylic acid groups (broad SMARTS) is 1. The lowest BCUT2D eigenvalue weighted by molar-refractivity contribution is 0.0697. The summed E-state index contributed by atoms with van der Waals surface area (Å²) in [6, 6.07) is 1.69. The van der Waals surface area contributed by atoms with Crippen molar-refractivity contribution in [2.75, 3.05) is 20.3 Å². The summed E-state index contributed by atoms with van der Waals surface area (Å²) in [5.74, 6) is -0.871. The van der Waals surface area contributed by atoms with Crippen molar-refractivity contribution in [3.63, 3.8) is 0 Å². The maximum absolute atomic E-state index is 10.6. The SMILES string of the molecule is COCCNCc1cc(C(=O)O)cs1. The molecular formula is C9H13NO3S. The first-order chi connectivity index (χ1) is 6.74. The maximum atomic E-state index is 10.6. The molecule has 5 heteroatoms. The largest absolute Gasteiger partial charge is 0.478 e. The molecule has 0 radical (unpaired) electrons. The molecule has 4 nitrogen and oxygen atoms in total. The van der Waals surface area contributed by atoms with Crippen molar-refractivity contribution in [3.8, 4) is 0 Å². The Labute approximate surface area is 86.5 Å². The van der Waals surface area contributed by atoms with E-state index in [1.54, 1.807) is 18.6 Å². The molecule has 14 heavy (non-hydrogen) atoms. The molecule has 0 atom stereocenters. The highest BCUT2D eigenvalue weighted by Gasteiger charge is 2.05. The number of ether oxygens (including phenoxy) is 1. The second-order valence-corrected chi connectivity index (χ2v) is 3.77. The third-order valence-electron chi connectivity index (χ3n) is 1.68. The Morgan fingerprint density at radius 3 is 3.07 bits per heavy atom. The van der Waals surface area contributed by atoms with E-state index >= 15 is 0 Å². The molecule has 0 aliphatic heterocycles. The Hall–Kier alpha value is -0.910. The number of carboxylic acids is 1. The van der Waals surface area contributed by atoms with E-state index in [0.29, 0.717) is 18.7 Å². The predicted octanol–water partition coefficient (Wildman–Crippen LogP) is 1.18. The number of rotatable bonds is 6. The molecule has 0 spiro atoms. The summed E-state index contributed by atoms with van der Waals surface area (Å²) in [6.07, 6.45) is 0. The third kappa shape index (κ3) is 3.45. The fourth-order valence-corrected chi connectivity index (χ4v) is 1.80. The standard InChI is InChI=1S/C9H13NO3S/c1-13-3-2-10-5-8-4-7(6-14-8)9(11)12/h4,6,10H,2-3,5H2,1H3,(H,11,12). The van der Waals surface area contributed by atoms with Crippen molar-refractivity contribution in [1.29, 1.82) is 0 Å². The van der Waals surface area contributed by atoms with Crippen molar-refractivity contribution in [2.24, 2.45) is 0 Å². The van der Waals surface area contributed by atoms with Gasteiger partial charge < -0.3 is 15.2 Å². The molecule has 0 fully saturated rings. The Bertz CT molecular complexity index is 298. The molecule has 0 aromatic carbocycles. The van der Waals surface area contributed by atoms with Gasteiger partial charge in [0.2, 0.25) is 0 Å². The lowest BCUT2D eigenvalue weighted by Gasteiger charge is -2.00. The van der Waals surface area contributed by atoms with Crippen LogP contribution in [-0.4, -0.2) is 31.3 Å². The van der Waals surface area contributed by atoms with Crippen LogP contribution in [0.4, 0.5) is 0 Å². The molecule has 1 aromatic rings. The average Bonchev–Trinajstić information content (AvgIpc) is 2.61. The van der Waals surface area contributed by atoms with Crippen molar-refractivity contribution >= 4 is 17.3 Å². The summed E-state index contributed by atoms with van der Waals surface area (Å²) in [4.78, 5) is 11.6. The Morgan fingerprint density at radius 1 is 1.71 bits per heavy atom. The predicted molar refractivity (Wildman–Crippen MR) is 54.9 cm³/mol. The zero-order valence-electron chi connectivity index (χ0n) is 7.95. The fraction of sp³-hybridized carbons (Fsp3) is 0.444. The van der Waals surface area contributed by atoms with Crippen molar-refractivity contribution < 1.29 is 14.6 Å². The van der Waals surface area contributed by atoms with Gasteiger partial charge in [0, 0.05) is 30.5 Å². The van der Waals surface area contributed by atoms with Gasteiger partial charge in [-0.15, -0.1) is 11.3 Å². The molecule has 0 saturated carbocycles. The normalized spacial score (nSPS) is 10.4. The smallest absolute Gasteiger partial charge is 0.336 e. The molecule has 1 aromatic heterocycles. The molecule has 78 valence electrons. The number of aromatic carboxylic acids is 1. The van der Waals surface area contributed by atoms with Gasteiger partial charge in [0.05, 0.1) is 12.2 Å². The van der Waals surface area contributed by atoms with E-state index in [1.807, 2.05) is 0 Å². The summed E-state index contributed by atoms with van der Waals surface area (Å²) < 4.78 is 4.87. The third-order valence-corrected chi connectivity index (χ3v) is 2.62. The van der Waals surface area contributed by atoms with Crippen LogP contribution in [-0.2, 0) is 11.3 Å². The molecule has 0 aliphatic rings. The van der Waals surface area contributed by atoms with Gasteiger partial charge in [-0.25, -0.2) is 4.79 Å². The second-order valence-electron chi connectivity index (χ2n) is 2.78. The highest BCUT2D eigenvalue weighted by Crippen LogP contribution is 2.14. The van der Waals surface area contributed by atoms with Crippen LogP contribution in [0.1, 0.15) is 15.2 Å². The summed E-state index contributed by atoms with van der Waals surface area (Å²) in [5, 5.41) is 13.5. The molecule has 1 heterocycles. The number of carbonyl (C=O) groups is 1. The van der Waals surface area contributed by atoms with E-state index in [1.165, 1.54) is 11.3 Å². The molecule has 0 aliphatic carbocycles. The zero-order valence-corrected chi connectivity index (χ0v) is 8.76. The van der Waals surface area contributed by atoms with E-state index in [0.717, 1.165) is 11.4 Å². The van der Waals surface area contributed by atoms with Gasteiger partial charge in [-0.2, -0.15) is 0 Å². The maximum Gasteiger partial charge on any atom is 0.336 e. The van der Waals surface area contributed by atoms with Gasteiger partial charge in [-0.3, -0.25) is 0 Å². The zero-order chi connectivity index (χ0) is 10.4. The minimum absolute atomic E-state index is 0.360. The Morgan fingerprint density at radius 2 is 2.50 bits per heavy atom. The van der Waals surface area contributed by atoms with Crippen LogP contribution < -0.4 is 5.32 Å². The van der Waals surface area contributed by atoms with Crippen molar-refractivity contribution in [1.82, 2.24) is 5.32 Å². The topological polar surface area (TPSA) is 58.6 Å². The van der Waals surface area contributed by atoms with Crippen LogP contribution in [0, 0.1) is 0 Å².